The van der Waals surface area contributed by atoms with Crippen molar-refractivity contribution in [2.75, 3.05) is 10.6 Å². The van der Waals surface area contributed by atoms with E-state index in [0.29, 0.717) is 5.69 Å². The Morgan fingerprint density at radius 3 is 2.35 bits per heavy atom. The summed E-state index contributed by atoms with van der Waals surface area (Å²) in [6, 6.07) is 20.9. The maximum absolute atomic E-state index is 12.1. The number of carbonyl (C=O) groups excluding carboxylic acids is 1. The molecule has 0 fully saturated rings. The Bertz CT molecular complexity index is 798. The van der Waals surface area contributed by atoms with Crippen LogP contribution < -0.4 is 10.6 Å². The van der Waals surface area contributed by atoms with Crippen LogP contribution in [0.15, 0.2) is 72.9 Å². The van der Waals surface area contributed by atoms with Gasteiger partial charge in [-0.1, -0.05) is 30.3 Å². The van der Waals surface area contributed by atoms with Gasteiger partial charge in [-0.25, -0.2) is 4.98 Å². The predicted octanol–water partition coefficient (Wildman–Crippen LogP) is 4.39. The number of hydrogen-bond donors (Lipinski definition) is 2. The van der Waals surface area contributed by atoms with E-state index in [0.717, 1.165) is 17.1 Å². The summed E-state index contributed by atoms with van der Waals surface area (Å²) in [6.07, 6.45) is 1.66. The van der Waals surface area contributed by atoms with E-state index in [2.05, 4.69) is 21.7 Å². The van der Waals surface area contributed by atoms with E-state index < -0.39 is 0 Å². The van der Waals surface area contributed by atoms with Crippen LogP contribution in [0.25, 0.3) is 0 Å². The minimum absolute atomic E-state index is 0.224. The number of carbonyl (C=O) groups is 1. The van der Waals surface area contributed by atoms with Crippen LogP contribution >= 0.6 is 0 Å². The third-order valence-electron chi connectivity index (χ3n) is 3.33. The lowest BCUT2D eigenvalue weighted by Gasteiger charge is -2.08. The molecule has 0 aliphatic rings. The van der Waals surface area contributed by atoms with Crippen LogP contribution in [0.1, 0.15) is 16.1 Å². The van der Waals surface area contributed by atoms with Crippen molar-refractivity contribution in [3.05, 3.63) is 84.2 Å². The van der Waals surface area contributed by atoms with E-state index in [-0.39, 0.29) is 5.91 Å². The molecule has 4 nitrogen and oxygen atoms in total. The van der Waals surface area contributed by atoms with Crippen molar-refractivity contribution in [2.45, 2.75) is 6.92 Å². The van der Waals surface area contributed by atoms with Gasteiger partial charge in [0.2, 0.25) is 0 Å². The van der Waals surface area contributed by atoms with E-state index in [1.807, 2.05) is 61.5 Å². The summed E-state index contributed by atoms with van der Waals surface area (Å²) in [5.41, 5.74) is 4.15. The highest BCUT2D eigenvalue weighted by molar-refractivity contribution is 6.02. The summed E-state index contributed by atoms with van der Waals surface area (Å²) in [4.78, 5) is 16.4. The molecule has 3 aromatic rings. The number of aryl methyl sites for hydroxylation is 1. The largest absolute Gasteiger partial charge is 0.354 e. The summed E-state index contributed by atoms with van der Waals surface area (Å²) < 4.78 is 0. The molecule has 4 heteroatoms. The molecule has 0 atom stereocenters. The Morgan fingerprint density at radius 2 is 1.65 bits per heavy atom. The van der Waals surface area contributed by atoms with Gasteiger partial charge in [-0.2, -0.15) is 0 Å². The topological polar surface area (TPSA) is 54.0 Å². The van der Waals surface area contributed by atoms with Crippen LogP contribution in [0, 0.1) is 6.92 Å². The Hall–Kier alpha value is -3.14. The Kier molecular flexibility index (Phi) is 4.34. The first kappa shape index (κ1) is 14.8. The molecule has 1 heterocycles. The van der Waals surface area contributed by atoms with Crippen LogP contribution in [0.5, 0.6) is 0 Å². The molecule has 1 amide bonds. The normalized spacial score (nSPS) is 10.1. The second-order valence-electron chi connectivity index (χ2n) is 5.25. The van der Waals surface area contributed by atoms with Gasteiger partial charge < -0.3 is 10.6 Å². The second-order valence-corrected chi connectivity index (χ2v) is 5.25. The van der Waals surface area contributed by atoms with Gasteiger partial charge in [0.1, 0.15) is 5.69 Å². The van der Waals surface area contributed by atoms with Crippen molar-refractivity contribution in [1.29, 1.82) is 0 Å². The minimum Gasteiger partial charge on any atom is -0.354 e. The highest BCUT2D eigenvalue weighted by Crippen LogP contribution is 2.17. The van der Waals surface area contributed by atoms with Crippen molar-refractivity contribution in [3.63, 3.8) is 0 Å². The zero-order valence-electron chi connectivity index (χ0n) is 12.8. The number of rotatable bonds is 4. The van der Waals surface area contributed by atoms with Crippen molar-refractivity contribution in [2.24, 2.45) is 0 Å². The lowest BCUT2D eigenvalue weighted by atomic mass is 10.2. The van der Waals surface area contributed by atoms with E-state index in [1.54, 1.807) is 12.3 Å². The van der Waals surface area contributed by atoms with E-state index in [1.165, 1.54) is 5.56 Å². The molecule has 0 radical (unpaired) electrons. The van der Waals surface area contributed by atoms with Crippen molar-refractivity contribution < 1.29 is 4.79 Å². The van der Waals surface area contributed by atoms with E-state index >= 15 is 0 Å². The monoisotopic (exact) mass is 303 g/mol. The molecule has 0 bridgehead atoms. The number of nitrogens with one attached hydrogen (secondary N) is 2. The van der Waals surface area contributed by atoms with Crippen molar-refractivity contribution >= 4 is 23.0 Å². The van der Waals surface area contributed by atoms with Crippen LogP contribution in [0.3, 0.4) is 0 Å². The molecule has 0 saturated carbocycles. The summed E-state index contributed by atoms with van der Waals surface area (Å²) in [5, 5.41) is 6.08. The Labute approximate surface area is 135 Å². The molecule has 23 heavy (non-hydrogen) atoms. The number of benzene rings is 2. The van der Waals surface area contributed by atoms with Gasteiger partial charge in [0.25, 0.3) is 5.91 Å². The second kappa shape index (κ2) is 6.75. The Morgan fingerprint density at radius 1 is 0.870 bits per heavy atom. The fourth-order valence-electron chi connectivity index (χ4n) is 2.21. The lowest BCUT2D eigenvalue weighted by Crippen LogP contribution is -2.13. The molecule has 2 aromatic carbocycles. The first-order chi connectivity index (χ1) is 11.2. The number of hydrogen-bond acceptors (Lipinski definition) is 3. The quantitative estimate of drug-likeness (QED) is 0.751. The molecule has 0 spiro atoms. The van der Waals surface area contributed by atoms with Crippen LogP contribution in [-0.2, 0) is 0 Å². The molecule has 0 unspecified atom stereocenters. The highest BCUT2D eigenvalue weighted by Gasteiger charge is 2.07. The average Bonchev–Trinajstić information content (AvgIpc) is 2.56. The SMILES string of the molecule is Cc1cccc(Nc2ccc(C(=O)Nc3ccccc3)nc2)c1. The van der Waals surface area contributed by atoms with Crippen LogP contribution in [0.4, 0.5) is 17.1 Å². The molecule has 1 aromatic heterocycles. The number of nitrogens with zero attached hydrogens (tertiary/aromatic N) is 1. The maximum Gasteiger partial charge on any atom is 0.274 e. The van der Waals surface area contributed by atoms with Gasteiger partial charge in [0, 0.05) is 11.4 Å². The number of amides is 1. The van der Waals surface area contributed by atoms with Gasteiger partial charge in [-0.3, -0.25) is 4.79 Å². The number of aromatic nitrogens is 1. The summed E-state index contributed by atoms with van der Waals surface area (Å²) in [5.74, 6) is -0.224. The molecule has 114 valence electrons. The smallest absolute Gasteiger partial charge is 0.274 e. The fraction of sp³-hybridized carbons (Fsp3) is 0.0526. The predicted molar refractivity (Wildman–Crippen MR) is 93.1 cm³/mol. The first-order valence-corrected chi connectivity index (χ1v) is 7.37. The van der Waals surface area contributed by atoms with E-state index in [4.69, 9.17) is 0 Å². The molecule has 0 aliphatic carbocycles. The highest BCUT2D eigenvalue weighted by atomic mass is 16.1. The van der Waals surface area contributed by atoms with Crippen molar-refractivity contribution in [1.82, 2.24) is 4.98 Å². The number of anilines is 3. The number of pyridine rings is 1. The maximum atomic E-state index is 12.1. The summed E-state index contributed by atoms with van der Waals surface area (Å²) in [7, 11) is 0. The van der Waals surface area contributed by atoms with Gasteiger partial charge in [0.05, 0.1) is 11.9 Å². The lowest BCUT2D eigenvalue weighted by molar-refractivity contribution is 0.102. The standard InChI is InChI=1S/C19H17N3O/c1-14-6-5-9-16(12-14)21-17-10-11-18(20-13-17)19(23)22-15-7-3-2-4-8-15/h2-13,21H,1H3,(H,22,23). The fourth-order valence-corrected chi connectivity index (χ4v) is 2.21. The van der Waals surface area contributed by atoms with Gasteiger partial charge in [0.15, 0.2) is 0 Å². The third-order valence-corrected chi connectivity index (χ3v) is 3.33. The van der Waals surface area contributed by atoms with Crippen molar-refractivity contribution in [3.8, 4) is 0 Å². The zero-order chi connectivity index (χ0) is 16.1. The molecule has 0 saturated heterocycles. The van der Waals surface area contributed by atoms with Gasteiger partial charge >= 0.3 is 0 Å². The molecule has 0 aliphatic heterocycles. The molecule has 2 N–H and O–H groups in total. The average molecular weight is 303 g/mol. The van der Waals surface area contributed by atoms with Crippen LogP contribution in [-0.4, -0.2) is 10.9 Å². The first-order valence-electron chi connectivity index (χ1n) is 7.37. The molecular weight excluding hydrogens is 286 g/mol. The van der Waals surface area contributed by atoms with Crippen LogP contribution in [0.2, 0.25) is 0 Å². The van der Waals surface area contributed by atoms with Gasteiger partial charge in [-0.05, 0) is 48.9 Å². The molecule has 3 rings (SSSR count). The minimum atomic E-state index is -0.224. The summed E-state index contributed by atoms with van der Waals surface area (Å²) in [6.45, 7) is 2.04. The Balaban J connectivity index is 1.68. The van der Waals surface area contributed by atoms with E-state index in [9.17, 15) is 4.79 Å². The summed E-state index contributed by atoms with van der Waals surface area (Å²) >= 11 is 0. The number of para-hydroxylation sites is 1. The van der Waals surface area contributed by atoms with Gasteiger partial charge in [-0.15, -0.1) is 0 Å². The zero-order valence-corrected chi connectivity index (χ0v) is 12.8. The molecular formula is C19H17N3O. The third kappa shape index (κ3) is 3.95.